The summed E-state index contributed by atoms with van der Waals surface area (Å²) in [6.45, 7) is 0. The van der Waals surface area contributed by atoms with Crippen molar-refractivity contribution >= 4 is 50.4 Å². The molecule has 5 nitrogen and oxygen atoms in total. The number of nitrogens with zero attached hydrogens (tertiary/aromatic N) is 3. The summed E-state index contributed by atoms with van der Waals surface area (Å²) in [5.74, 6) is 0.359. The quantitative estimate of drug-likeness (QED) is 0.173. The predicted octanol–water partition coefficient (Wildman–Crippen LogP) is 7.80. The Morgan fingerprint density at radius 3 is 1.95 bits per heavy atom. The third kappa shape index (κ3) is 3.46. The lowest BCUT2D eigenvalue weighted by Crippen LogP contribution is -2.03. The first kappa shape index (κ1) is 23.3. The Balaban J connectivity index is 1.34. The molecular weight excluding hydrogens is 506 g/mol. The Bertz CT molecular complexity index is 2190. The summed E-state index contributed by atoms with van der Waals surface area (Å²) in [6.07, 6.45) is 1.72. The van der Waals surface area contributed by atoms with Gasteiger partial charge in [0.05, 0.1) is 16.8 Å². The number of imidazole rings is 1. The third-order valence-electron chi connectivity index (χ3n) is 8.08. The Kier molecular flexibility index (Phi) is 4.97. The molecule has 2 aromatic heterocycles. The number of para-hydroxylation sites is 1. The lowest BCUT2D eigenvalue weighted by Gasteiger charge is -2.09. The van der Waals surface area contributed by atoms with Crippen molar-refractivity contribution in [2.24, 2.45) is 7.05 Å². The average molecular weight is 530 g/mol. The van der Waals surface area contributed by atoms with Crippen molar-refractivity contribution in [2.75, 3.05) is 0 Å². The fourth-order valence-corrected chi connectivity index (χ4v) is 6.05. The van der Waals surface area contributed by atoms with Crippen LogP contribution < -0.4 is 0 Å². The standard InChI is InChI=1S/C36H23N3O2/c1-38-32-21-26(20-31-33(40)29-18-23-11-5-6-12-24(23)19-30(29)34(31)41)39(25-14-3-2-4-15-25)36(32)37-35(38)28-17-9-13-22-10-7-8-16-27(22)28/h2-21H,1H3. The summed E-state index contributed by atoms with van der Waals surface area (Å²) in [5.41, 5.74) is 5.42. The van der Waals surface area contributed by atoms with Gasteiger partial charge in [-0.1, -0.05) is 84.9 Å². The number of allylic oxidation sites excluding steroid dienone is 1. The van der Waals surface area contributed by atoms with Gasteiger partial charge in [0.15, 0.2) is 17.2 Å². The molecule has 0 saturated carbocycles. The molecule has 1 aliphatic carbocycles. The number of aromatic nitrogens is 3. The number of carbonyl (C=O) groups is 2. The maximum atomic E-state index is 13.6. The number of ketones is 2. The molecule has 0 atom stereocenters. The highest BCUT2D eigenvalue weighted by Gasteiger charge is 2.34. The molecule has 41 heavy (non-hydrogen) atoms. The zero-order valence-corrected chi connectivity index (χ0v) is 22.2. The van der Waals surface area contributed by atoms with E-state index in [1.165, 1.54) is 0 Å². The van der Waals surface area contributed by atoms with Gasteiger partial charge in [0, 0.05) is 29.4 Å². The van der Waals surface area contributed by atoms with Crippen LogP contribution in [0.1, 0.15) is 26.4 Å². The third-order valence-corrected chi connectivity index (χ3v) is 8.08. The van der Waals surface area contributed by atoms with Crippen LogP contribution in [0.3, 0.4) is 0 Å². The molecule has 5 aromatic carbocycles. The van der Waals surface area contributed by atoms with Crippen LogP contribution in [0, 0.1) is 0 Å². The van der Waals surface area contributed by atoms with Crippen molar-refractivity contribution in [1.29, 1.82) is 0 Å². The summed E-state index contributed by atoms with van der Waals surface area (Å²) in [7, 11) is 2.01. The molecular formula is C36H23N3O2. The van der Waals surface area contributed by atoms with E-state index in [1.54, 1.807) is 6.08 Å². The minimum absolute atomic E-state index is 0.171. The van der Waals surface area contributed by atoms with Crippen LogP contribution in [0.25, 0.3) is 55.9 Å². The monoisotopic (exact) mass is 529 g/mol. The van der Waals surface area contributed by atoms with E-state index in [1.807, 2.05) is 96.5 Å². The minimum Gasteiger partial charge on any atom is -0.326 e. The van der Waals surface area contributed by atoms with Crippen LogP contribution in [0.5, 0.6) is 0 Å². The molecule has 0 radical (unpaired) electrons. The highest BCUT2D eigenvalue weighted by atomic mass is 16.2. The van der Waals surface area contributed by atoms with E-state index < -0.39 is 0 Å². The molecule has 5 heteroatoms. The van der Waals surface area contributed by atoms with E-state index in [2.05, 4.69) is 34.9 Å². The lowest BCUT2D eigenvalue weighted by molar-refractivity contribution is 0.0990. The highest BCUT2D eigenvalue weighted by Crippen LogP contribution is 2.35. The Labute approximate surface area is 235 Å². The fraction of sp³-hybridized carbons (Fsp3) is 0.0278. The summed E-state index contributed by atoms with van der Waals surface area (Å²) in [5, 5.41) is 4.17. The maximum absolute atomic E-state index is 13.6. The summed E-state index contributed by atoms with van der Waals surface area (Å²) in [4.78, 5) is 32.3. The molecule has 2 heterocycles. The van der Waals surface area contributed by atoms with Crippen LogP contribution >= 0.6 is 0 Å². The Morgan fingerprint density at radius 1 is 0.634 bits per heavy atom. The van der Waals surface area contributed by atoms with E-state index in [4.69, 9.17) is 4.98 Å². The number of Topliss-reactive ketones (excluding diaryl/α,β-unsaturated/α-hetero) is 2. The molecule has 0 spiro atoms. The molecule has 194 valence electrons. The molecule has 0 saturated heterocycles. The van der Waals surface area contributed by atoms with E-state index >= 15 is 0 Å². The number of hydrogen-bond acceptors (Lipinski definition) is 3. The first-order valence-electron chi connectivity index (χ1n) is 13.5. The van der Waals surface area contributed by atoms with Crippen LogP contribution in [-0.2, 0) is 7.05 Å². The predicted molar refractivity (Wildman–Crippen MR) is 164 cm³/mol. The molecule has 0 N–H and O–H groups in total. The molecule has 1 aliphatic rings. The minimum atomic E-state index is -0.245. The van der Waals surface area contributed by atoms with Crippen molar-refractivity contribution < 1.29 is 9.59 Å². The average Bonchev–Trinajstić information content (AvgIpc) is 3.61. The van der Waals surface area contributed by atoms with Crippen molar-refractivity contribution in [3.8, 4) is 17.1 Å². The van der Waals surface area contributed by atoms with Crippen LogP contribution in [0.2, 0.25) is 0 Å². The smallest absolute Gasteiger partial charge is 0.197 e. The molecule has 0 bridgehead atoms. The normalized spacial score (nSPS) is 13.0. The number of rotatable bonds is 3. The summed E-state index contributed by atoms with van der Waals surface area (Å²) >= 11 is 0. The van der Waals surface area contributed by atoms with Crippen molar-refractivity contribution in [3.63, 3.8) is 0 Å². The maximum Gasteiger partial charge on any atom is 0.197 e. The molecule has 0 fully saturated rings. The van der Waals surface area contributed by atoms with E-state index in [-0.39, 0.29) is 17.1 Å². The largest absolute Gasteiger partial charge is 0.326 e. The summed E-state index contributed by atoms with van der Waals surface area (Å²) in [6, 6.07) is 37.9. The van der Waals surface area contributed by atoms with Gasteiger partial charge in [-0.3, -0.25) is 14.2 Å². The second kappa shape index (κ2) is 8.73. The number of hydrogen-bond donors (Lipinski definition) is 0. The van der Waals surface area contributed by atoms with Gasteiger partial charge in [0.25, 0.3) is 0 Å². The number of carbonyl (C=O) groups excluding carboxylic acids is 2. The Morgan fingerprint density at radius 2 is 1.24 bits per heavy atom. The van der Waals surface area contributed by atoms with E-state index in [0.717, 1.165) is 55.5 Å². The van der Waals surface area contributed by atoms with Gasteiger partial charge in [-0.05, 0) is 58.0 Å². The first-order chi connectivity index (χ1) is 20.1. The van der Waals surface area contributed by atoms with Crippen molar-refractivity contribution in [2.45, 2.75) is 0 Å². The van der Waals surface area contributed by atoms with E-state index in [0.29, 0.717) is 11.1 Å². The molecule has 0 unspecified atom stereocenters. The van der Waals surface area contributed by atoms with Gasteiger partial charge in [0.1, 0.15) is 5.82 Å². The number of aryl methyl sites for hydroxylation is 1. The zero-order chi connectivity index (χ0) is 27.7. The Hall–Kier alpha value is -5.55. The van der Waals surface area contributed by atoms with Crippen molar-refractivity contribution in [1.82, 2.24) is 14.1 Å². The lowest BCUT2D eigenvalue weighted by atomic mass is 10.0. The van der Waals surface area contributed by atoms with Gasteiger partial charge < -0.3 is 4.57 Å². The second-order valence-corrected chi connectivity index (χ2v) is 10.4. The van der Waals surface area contributed by atoms with E-state index in [9.17, 15) is 9.59 Å². The number of benzene rings is 5. The van der Waals surface area contributed by atoms with Gasteiger partial charge in [0.2, 0.25) is 0 Å². The highest BCUT2D eigenvalue weighted by molar-refractivity contribution is 6.42. The van der Waals surface area contributed by atoms with Crippen molar-refractivity contribution in [3.05, 3.63) is 138 Å². The van der Waals surface area contributed by atoms with Crippen LogP contribution in [0.15, 0.2) is 121 Å². The SMILES string of the molecule is Cn1c(-c2cccc3ccccc23)nc2c1cc(C=C1C(=O)c3cc4ccccc4cc3C1=O)n2-c1ccccc1. The first-order valence-corrected chi connectivity index (χ1v) is 13.5. The summed E-state index contributed by atoms with van der Waals surface area (Å²) < 4.78 is 4.11. The van der Waals surface area contributed by atoms with Crippen LogP contribution in [0.4, 0.5) is 0 Å². The molecule has 7 aromatic rings. The molecule has 0 amide bonds. The number of fused-ring (bicyclic) bond motifs is 4. The van der Waals surface area contributed by atoms with Gasteiger partial charge in [-0.25, -0.2) is 4.98 Å². The topological polar surface area (TPSA) is 56.9 Å². The zero-order valence-electron chi connectivity index (χ0n) is 22.2. The second-order valence-electron chi connectivity index (χ2n) is 10.4. The molecule has 8 rings (SSSR count). The van der Waals surface area contributed by atoms with Gasteiger partial charge in [-0.2, -0.15) is 0 Å². The fourth-order valence-electron chi connectivity index (χ4n) is 6.05. The van der Waals surface area contributed by atoms with Crippen LogP contribution in [-0.4, -0.2) is 25.7 Å². The van der Waals surface area contributed by atoms with Gasteiger partial charge >= 0.3 is 0 Å². The molecule has 0 aliphatic heterocycles. The van der Waals surface area contributed by atoms with Gasteiger partial charge in [-0.15, -0.1) is 0 Å².